The van der Waals surface area contributed by atoms with Crippen LogP contribution in [0.5, 0.6) is 11.5 Å². The number of aromatic nitrogens is 1. The monoisotopic (exact) mass is 354 g/mol. The highest BCUT2D eigenvalue weighted by Crippen LogP contribution is 2.40. The maximum Gasteiger partial charge on any atom is 0.220 e. The number of hydrogen-bond donors (Lipinski definition) is 1. The van der Waals surface area contributed by atoms with Gasteiger partial charge in [-0.05, 0) is 69.1 Å². The standard InChI is InChI=1S/C21H26N2O3/c1-2-25-16-7-8-19-17(10-16)18-9-15(12-26-20(18)11-23-19)13-3-5-14(6-4-13)21(22)24/h7-8,10-11,13-15H,2-6,9,12H2,1H3,(H2,22,24)/t13-,14-,15?. The molecule has 1 aromatic carbocycles. The second kappa shape index (κ2) is 7.14. The molecule has 2 aliphatic rings. The SMILES string of the molecule is CCOc1ccc2ncc3c(c2c1)CC([C@H]1CC[C@H](C(N)=O)CC1)CO3. The smallest absolute Gasteiger partial charge is 0.220 e. The Bertz CT molecular complexity index is 812. The Labute approximate surface area is 153 Å². The highest BCUT2D eigenvalue weighted by molar-refractivity contribution is 5.85. The number of fused-ring (bicyclic) bond motifs is 3. The van der Waals surface area contributed by atoms with Crippen LogP contribution in [0.2, 0.25) is 0 Å². The van der Waals surface area contributed by atoms with Crippen LogP contribution in [-0.4, -0.2) is 24.1 Å². The first-order valence-electron chi connectivity index (χ1n) is 9.62. The molecule has 0 saturated heterocycles. The molecule has 1 aliphatic heterocycles. The summed E-state index contributed by atoms with van der Waals surface area (Å²) >= 11 is 0. The molecular formula is C21H26N2O3. The summed E-state index contributed by atoms with van der Waals surface area (Å²) in [5, 5.41) is 1.13. The number of hydrogen-bond acceptors (Lipinski definition) is 4. The van der Waals surface area contributed by atoms with Gasteiger partial charge in [-0.25, -0.2) is 0 Å². The maximum atomic E-state index is 11.4. The van der Waals surface area contributed by atoms with Crippen molar-refractivity contribution in [3.8, 4) is 11.5 Å². The number of benzene rings is 1. The molecule has 2 heterocycles. The molecule has 0 spiro atoms. The van der Waals surface area contributed by atoms with Gasteiger partial charge in [0.2, 0.25) is 5.91 Å². The van der Waals surface area contributed by atoms with Gasteiger partial charge in [0.1, 0.15) is 11.5 Å². The fourth-order valence-electron chi connectivity index (χ4n) is 4.50. The lowest BCUT2D eigenvalue weighted by molar-refractivity contribution is -0.123. The van der Waals surface area contributed by atoms with E-state index in [0.717, 1.165) is 61.1 Å². The van der Waals surface area contributed by atoms with E-state index in [1.807, 2.05) is 25.3 Å². The average Bonchev–Trinajstić information content (AvgIpc) is 2.68. The van der Waals surface area contributed by atoms with Gasteiger partial charge in [0.15, 0.2) is 0 Å². The molecule has 26 heavy (non-hydrogen) atoms. The molecule has 1 aliphatic carbocycles. The highest BCUT2D eigenvalue weighted by atomic mass is 16.5. The first-order valence-corrected chi connectivity index (χ1v) is 9.62. The van der Waals surface area contributed by atoms with Gasteiger partial charge in [0, 0.05) is 16.9 Å². The van der Waals surface area contributed by atoms with Crippen LogP contribution in [0.4, 0.5) is 0 Å². The summed E-state index contributed by atoms with van der Waals surface area (Å²) in [5.41, 5.74) is 7.69. The van der Waals surface area contributed by atoms with E-state index in [4.69, 9.17) is 15.2 Å². The van der Waals surface area contributed by atoms with Crippen LogP contribution in [0.1, 0.15) is 38.2 Å². The van der Waals surface area contributed by atoms with E-state index in [2.05, 4.69) is 11.1 Å². The molecule has 2 aromatic rings. The molecule has 0 bridgehead atoms. The molecule has 1 amide bonds. The number of ether oxygens (including phenoxy) is 2. The van der Waals surface area contributed by atoms with Crippen LogP contribution in [0.3, 0.4) is 0 Å². The van der Waals surface area contributed by atoms with Crippen LogP contribution >= 0.6 is 0 Å². The molecule has 1 fully saturated rings. The minimum atomic E-state index is -0.144. The Morgan fingerprint density at radius 1 is 1.27 bits per heavy atom. The van der Waals surface area contributed by atoms with E-state index in [1.165, 1.54) is 5.56 Å². The number of carbonyl (C=O) groups is 1. The zero-order valence-corrected chi connectivity index (χ0v) is 15.2. The fourth-order valence-corrected chi connectivity index (χ4v) is 4.50. The third-order valence-electron chi connectivity index (χ3n) is 5.98. The Balaban J connectivity index is 1.57. The van der Waals surface area contributed by atoms with Gasteiger partial charge in [-0.2, -0.15) is 0 Å². The van der Waals surface area contributed by atoms with Crippen molar-refractivity contribution in [2.45, 2.75) is 39.0 Å². The minimum absolute atomic E-state index is 0.0572. The van der Waals surface area contributed by atoms with Crippen LogP contribution < -0.4 is 15.2 Å². The van der Waals surface area contributed by atoms with Crippen molar-refractivity contribution in [3.63, 3.8) is 0 Å². The molecule has 2 N–H and O–H groups in total. The normalized spacial score (nSPS) is 25.3. The van der Waals surface area contributed by atoms with E-state index in [9.17, 15) is 4.79 Å². The Hall–Kier alpha value is -2.30. The van der Waals surface area contributed by atoms with Gasteiger partial charge in [-0.15, -0.1) is 0 Å². The third kappa shape index (κ3) is 3.22. The Morgan fingerprint density at radius 3 is 2.81 bits per heavy atom. The number of nitrogens with zero attached hydrogens (tertiary/aromatic N) is 1. The number of primary amides is 1. The van der Waals surface area contributed by atoms with Gasteiger partial charge in [0.25, 0.3) is 0 Å². The summed E-state index contributed by atoms with van der Waals surface area (Å²) in [5.74, 6) is 2.76. The maximum absolute atomic E-state index is 11.4. The molecule has 5 nitrogen and oxygen atoms in total. The third-order valence-corrected chi connectivity index (χ3v) is 5.98. The molecule has 0 radical (unpaired) electrons. The Morgan fingerprint density at radius 2 is 2.08 bits per heavy atom. The molecule has 5 heteroatoms. The summed E-state index contributed by atoms with van der Waals surface area (Å²) in [4.78, 5) is 15.9. The van der Waals surface area contributed by atoms with Crippen molar-refractivity contribution in [1.82, 2.24) is 4.98 Å². The number of pyridine rings is 1. The van der Waals surface area contributed by atoms with Crippen molar-refractivity contribution in [2.24, 2.45) is 23.5 Å². The first-order chi connectivity index (χ1) is 12.7. The fraction of sp³-hybridized carbons (Fsp3) is 0.524. The predicted octanol–water partition coefficient (Wildman–Crippen LogP) is 3.48. The van der Waals surface area contributed by atoms with E-state index >= 15 is 0 Å². The van der Waals surface area contributed by atoms with Gasteiger partial charge in [-0.1, -0.05) is 0 Å². The van der Waals surface area contributed by atoms with Crippen molar-refractivity contribution < 1.29 is 14.3 Å². The molecule has 1 atom stereocenters. The van der Waals surface area contributed by atoms with E-state index in [-0.39, 0.29) is 11.8 Å². The molecule has 1 saturated carbocycles. The Kier molecular flexibility index (Phi) is 4.70. The number of amides is 1. The average molecular weight is 354 g/mol. The zero-order chi connectivity index (χ0) is 18.1. The summed E-state index contributed by atoms with van der Waals surface area (Å²) in [6, 6.07) is 6.07. The molecule has 1 unspecified atom stereocenters. The number of nitrogens with two attached hydrogens (primary N) is 1. The summed E-state index contributed by atoms with van der Waals surface area (Å²) < 4.78 is 11.7. The lowest BCUT2D eigenvalue weighted by Gasteiger charge is -2.35. The van der Waals surface area contributed by atoms with Crippen molar-refractivity contribution in [3.05, 3.63) is 30.0 Å². The topological polar surface area (TPSA) is 74.4 Å². The summed E-state index contributed by atoms with van der Waals surface area (Å²) in [6.45, 7) is 3.37. The molecular weight excluding hydrogens is 328 g/mol. The molecule has 4 rings (SSSR count). The number of rotatable bonds is 4. The van der Waals surface area contributed by atoms with E-state index < -0.39 is 0 Å². The van der Waals surface area contributed by atoms with E-state index in [1.54, 1.807) is 0 Å². The lowest BCUT2D eigenvalue weighted by Crippen LogP contribution is -2.34. The highest BCUT2D eigenvalue weighted by Gasteiger charge is 2.33. The quantitative estimate of drug-likeness (QED) is 0.912. The van der Waals surface area contributed by atoms with Gasteiger partial charge < -0.3 is 15.2 Å². The molecule has 1 aromatic heterocycles. The van der Waals surface area contributed by atoms with Gasteiger partial charge in [0.05, 0.1) is 24.9 Å². The zero-order valence-electron chi connectivity index (χ0n) is 15.2. The predicted molar refractivity (Wildman–Crippen MR) is 100 cm³/mol. The van der Waals surface area contributed by atoms with Crippen molar-refractivity contribution in [1.29, 1.82) is 0 Å². The van der Waals surface area contributed by atoms with Crippen molar-refractivity contribution in [2.75, 3.05) is 13.2 Å². The van der Waals surface area contributed by atoms with Crippen LogP contribution in [0.25, 0.3) is 10.9 Å². The summed E-state index contributed by atoms with van der Waals surface area (Å²) in [6.07, 6.45) is 6.78. The van der Waals surface area contributed by atoms with Crippen molar-refractivity contribution >= 4 is 16.8 Å². The van der Waals surface area contributed by atoms with E-state index in [0.29, 0.717) is 18.4 Å². The second-order valence-corrected chi connectivity index (χ2v) is 7.50. The summed E-state index contributed by atoms with van der Waals surface area (Å²) in [7, 11) is 0. The largest absolute Gasteiger partial charge is 0.494 e. The minimum Gasteiger partial charge on any atom is -0.494 e. The lowest BCUT2D eigenvalue weighted by atomic mass is 9.73. The van der Waals surface area contributed by atoms with Crippen LogP contribution in [0, 0.1) is 17.8 Å². The van der Waals surface area contributed by atoms with Crippen LogP contribution in [-0.2, 0) is 11.2 Å². The number of carbonyl (C=O) groups excluding carboxylic acids is 1. The van der Waals surface area contributed by atoms with Gasteiger partial charge in [-0.3, -0.25) is 9.78 Å². The molecule has 138 valence electrons. The second-order valence-electron chi connectivity index (χ2n) is 7.50. The first kappa shape index (κ1) is 17.1. The van der Waals surface area contributed by atoms with Gasteiger partial charge >= 0.3 is 0 Å². The van der Waals surface area contributed by atoms with Crippen LogP contribution in [0.15, 0.2) is 24.4 Å².